The Morgan fingerprint density at radius 2 is 1.61 bits per heavy atom. The molecule has 0 amide bonds. The monoisotopic (exact) mass is 566 g/mol. The molecule has 4 aromatic carbocycles. The topological polar surface area (TPSA) is 50.8 Å². The standard InChI is InChI=1S/C35H35ClN2O3/c1-4-6-7-12-19-38(5-2)24-17-18-27-33(21-24)40-32-20-23(3)31(37-30-16-11-10-15-29(30)36)22-28(32)35(27)26-14-9-8-13-25(26)34(39)41-35/h8-11,13-18,20-22,37H,4-7,12,19H2,1-3H3. The Morgan fingerprint density at radius 1 is 0.829 bits per heavy atom. The highest BCUT2D eigenvalue weighted by Crippen LogP contribution is 2.57. The van der Waals surface area contributed by atoms with E-state index >= 15 is 0 Å². The van der Waals surface area contributed by atoms with Crippen LogP contribution in [0.5, 0.6) is 11.5 Å². The van der Waals surface area contributed by atoms with Crippen LogP contribution >= 0.6 is 11.6 Å². The fourth-order valence-electron chi connectivity index (χ4n) is 6.05. The van der Waals surface area contributed by atoms with E-state index in [9.17, 15) is 4.79 Å². The molecule has 0 aromatic heterocycles. The molecule has 2 aliphatic heterocycles. The van der Waals surface area contributed by atoms with Crippen LogP contribution < -0.4 is 15.0 Å². The quantitative estimate of drug-likeness (QED) is 0.161. The summed E-state index contributed by atoms with van der Waals surface area (Å²) < 4.78 is 13.0. The van der Waals surface area contributed by atoms with Crippen molar-refractivity contribution < 1.29 is 14.3 Å². The smallest absolute Gasteiger partial charge is 0.340 e. The molecule has 1 atom stereocenters. The number of unbranched alkanes of at least 4 members (excludes halogenated alkanes) is 3. The second kappa shape index (κ2) is 11.1. The van der Waals surface area contributed by atoms with Crippen LogP contribution in [0.4, 0.5) is 17.1 Å². The van der Waals surface area contributed by atoms with Crippen molar-refractivity contribution in [1.29, 1.82) is 0 Å². The second-order valence-corrected chi connectivity index (χ2v) is 11.2. The maximum atomic E-state index is 13.3. The number of anilines is 3. The van der Waals surface area contributed by atoms with Gasteiger partial charge in [-0.15, -0.1) is 0 Å². The van der Waals surface area contributed by atoms with E-state index in [1.54, 1.807) is 0 Å². The van der Waals surface area contributed by atoms with Gasteiger partial charge in [0.05, 0.1) is 16.3 Å². The minimum absolute atomic E-state index is 0.337. The van der Waals surface area contributed by atoms with Crippen LogP contribution in [0.25, 0.3) is 0 Å². The number of ether oxygens (including phenoxy) is 2. The Kier molecular flexibility index (Phi) is 7.39. The molecule has 0 bridgehead atoms. The maximum absolute atomic E-state index is 13.3. The molecular formula is C35H35ClN2O3. The van der Waals surface area contributed by atoms with Crippen molar-refractivity contribution in [2.24, 2.45) is 0 Å². The number of para-hydroxylation sites is 1. The van der Waals surface area contributed by atoms with Gasteiger partial charge in [0.25, 0.3) is 0 Å². The normalized spacial score (nSPS) is 16.4. The number of esters is 1. The molecular weight excluding hydrogens is 532 g/mol. The fraction of sp³-hybridized carbons (Fsp3) is 0.286. The molecule has 5 nitrogen and oxygen atoms in total. The summed E-state index contributed by atoms with van der Waals surface area (Å²) >= 11 is 6.48. The number of rotatable bonds is 9. The molecule has 2 aliphatic rings. The lowest BCUT2D eigenvalue weighted by Crippen LogP contribution is -2.33. The fourth-order valence-corrected chi connectivity index (χ4v) is 6.23. The highest BCUT2D eigenvalue weighted by Gasteiger charge is 2.53. The summed E-state index contributed by atoms with van der Waals surface area (Å²) in [5.74, 6) is 1.04. The van der Waals surface area contributed by atoms with Crippen molar-refractivity contribution in [2.45, 2.75) is 52.1 Å². The summed E-state index contributed by atoms with van der Waals surface area (Å²) in [6.07, 6.45) is 4.84. The average molecular weight is 567 g/mol. The van der Waals surface area contributed by atoms with E-state index in [1.807, 2.05) is 67.6 Å². The molecule has 1 spiro atoms. The van der Waals surface area contributed by atoms with Crippen LogP contribution in [-0.2, 0) is 10.3 Å². The number of hydrogen-bond acceptors (Lipinski definition) is 5. The number of benzene rings is 4. The predicted molar refractivity (Wildman–Crippen MR) is 166 cm³/mol. The third kappa shape index (κ3) is 4.72. The summed E-state index contributed by atoms with van der Waals surface area (Å²) in [4.78, 5) is 15.7. The van der Waals surface area contributed by atoms with Crippen molar-refractivity contribution in [1.82, 2.24) is 0 Å². The molecule has 2 heterocycles. The lowest BCUT2D eigenvalue weighted by Gasteiger charge is -2.38. The maximum Gasteiger partial charge on any atom is 0.340 e. The highest BCUT2D eigenvalue weighted by molar-refractivity contribution is 6.33. The van der Waals surface area contributed by atoms with Crippen molar-refractivity contribution in [3.05, 3.63) is 112 Å². The average Bonchev–Trinajstić information content (AvgIpc) is 3.27. The lowest BCUT2D eigenvalue weighted by atomic mass is 9.77. The van der Waals surface area contributed by atoms with Crippen LogP contribution in [0.1, 0.15) is 72.1 Å². The zero-order chi connectivity index (χ0) is 28.6. The largest absolute Gasteiger partial charge is 0.456 e. The van der Waals surface area contributed by atoms with E-state index in [0.29, 0.717) is 22.1 Å². The van der Waals surface area contributed by atoms with E-state index in [4.69, 9.17) is 21.1 Å². The molecule has 0 aliphatic carbocycles. The van der Waals surface area contributed by atoms with Gasteiger partial charge in [-0.1, -0.05) is 68.1 Å². The predicted octanol–water partition coefficient (Wildman–Crippen LogP) is 9.37. The van der Waals surface area contributed by atoms with Gasteiger partial charge in [0.2, 0.25) is 0 Å². The molecule has 6 heteroatoms. The molecule has 0 fully saturated rings. The van der Waals surface area contributed by atoms with Crippen LogP contribution in [-0.4, -0.2) is 19.1 Å². The number of nitrogens with zero attached hydrogens (tertiary/aromatic N) is 1. The van der Waals surface area contributed by atoms with Gasteiger partial charge in [-0.2, -0.15) is 0 Å². The van der Waals surface area contributed by atoms with Gasteiger partial charge in [-0.25, -0.2) is 4.79 Å². The van der Waals surface area contributed by atoms with E-state index < -0.39 is 5.60 Å². The number of aryl methyl sites for hydroxylation is 1. The highest BCUT2D eigenvalue weighted by atomic mass is 35.5. The van der Waals surface area contributed by atoms with Gasteiger partial charge in [-0.3, -0.25) is 0 Å². The van der Waals surface area contributed by atoms with Crippen molar-refractivity contribution in [3.63, 3.8) is 0 Å². The number of nitrogens with one attached hydrogen (secondary N) is 1. The van der Waals surface area contributed by atoms with Crippen LogP contribution in [0.2, 0.25) is 5.02 Å². The van der Waals surface area contributed by atoms with E-state index in [-0.39, 0.29) is 5.97 Å². The van der Waals surface area contributed by atoms with Crippen molar-refractivity contribution in [3.8, 4) is 11.5 Å². The summed E-state index contributed by atoms with van der Waals surface area (Å²) in [6.45, 7) is 8.34. The first-order valence-electron chi connectivity index (χ1n) is 14.5. The Bertz CT molecular complexity index is 1620. The minimum Gasteiger partial charge on any atom is -0.456 e. The zero-order valence-electron chi connectivity index (χ0n) is 23.8. The second-order valence-electron chi connectivity index (χ2n) is 10.8. The molecule has 0 saturated heterocycles. The molecule has 6 rings (SSSR count). The molecule has 1 N–H and O–H groups in total. The van der Waals surface area contributed by atoms with Gasteiger partial charge in [0.15, 0.2) is 5.60 Å². The van der Waals surface area contributed by atoms with Gasteiger partial charge in [-0.05, 0) is 68.3 Å². The molecule has 0 radical (unpaired) electrons. The van der Waals surface area contributed by atoms with Crippen molar-refractivity contribution in [2.75, 3.05) is 23.3 Å². The first-order chi connectivity index (χ1) is 20.0. The number of fused-ring (bicyclic) bond motifs is 6. The minimum atomic E-state index is -1.13. The van der Waals surface area contributed by atoms with E-state index in [2.05, 4.69) is 42.3 Å². The van der Waals surface area contributed by atoms with E-state index in [0.717, 1.165) is 58.8 Å². The third-order valence-corrected chi connectivity index (χ3v) is 8.54. The number of carbonyl (C=O) groups excluding carboxylic acids is 1. The number of hydrogen-bond donors (Lipinski definition) is 1. The summed E-state index contributed by atoms with van der Waals surface area (Å²) in [5, 5.41) is 4.11. The first-order valence-corrected chi connectivity index (χ1v) is 14.9. The lowest BCUT2D eigenvalue weighted by molar-refractivity contribution is 0.0224. The molecule has 4 aromatic rings. The van der Waals surface area contributed by atoms with Crippen molar-refractivity contribution >= 4 is 34.6 Å². The van der Waals surface area contributed by atoms with Gasteiger partial charge >= 0.3 is 5.97 Å². The third-order valence-electron chi connectivity index (χ3n) is 8.21. The molecule has 41 heavy (non-hydrogen) atoms. The molecule has 0 saturated carbocycles. The summed E-state index contributed by atoms with van der Waals surface area (Å²) in [6, 6.07) is 25.6. The van der Waals surface area contributed by atoms with Gasteiger partial charge < -0.3 is 19.7 Å². The summed E-state index contributed by atoms with van der Waals surface area (Å²) in [7, 11) is 0. The SMILES string of the molecule is CCCCCCN(CC)c1ccc2c(c1)Oc1cc(C)c(Nc3ccccc3Cl)cc1C21OC(=O)c2ccccc21. The Morgan fingerprint density at radius 3 is 2.41 bits per heavy atom. The molecule has 1 unspecified atom stereocenters. The van der Waals surface area contributed by atoms with Crippen LogP contribution in [0.15, 0.2) is 78.9 Å². The Labute approximate surface area is 247 Å². The van der Waals surface area contributed by atoms with Crippen LogP contribution in [0, 0.1) is 6.92 Å². The molecule has 210 valence electrons. The van der Waals surface area contributed by atoms with Gasteiger partial charge in [0.1, 0.15) is 11.5 Å². The van der Waals surface area contributed by atoms with E-state index in [1.165, 1.54) is 19.3 Å². The number of halogens is 1. The zero-order valence-corrected chi connectivity index (χ0v) is 24.6. The summed E-state index contributed by atoms with van der Waals surface area (Å²) in [5.41, 5.74) is 5.63. The first kappa shape index (κ1) is 27.2. The Balaban J connectivity index is 1.48. The number of carbonyl (C=O) groups is 1. The van der Waals surface area contributed by atoms with Crippen LogP contribution in [0.3, 0.4) is 0 Å². The van der Waals surface area contributed by atoms with Gasteiger partial charge in [0, 0.05) is 47.2 Å². The Hall–Kier alpha value is -3.96.